The maximum Gasteiger partial charge on any atom is 0.370 e. The van der Waals surface area contributed by atoms with Gasteiger partial charge in [0.25, 0.3) is 5.91 Å². The summed E-state index contributed by atoms with van der Waals surface area (Å²) in [5, 5.41) is 2.71. The molecule has 0 aliphatic heterocycles. The van der Waals surface area contributed by atoms with Gasteiger partial charge in [-0.05, 0) is 12.1 Å². The summed E-state index contributed by atoms with van der Waals surface area (Å²) in [6, 6.07) is 18.2. The van der Waals surface area contributed by atoms with E-state index in [9.17, 15) is 9.59 Å². The second-order valence-corrected chi connectivity index (χ2v) is 4.79. The predicted octanol–water partition coefficient (Wildman–Crippen LogP) is 2.90. The molecule has 5 heteroatoms. The van der Waals surface area contributed by atoms with E-state index in [1.54, 1.807) is 31.3 Å². The number of carbonyl (C=O) groups excluding carboxylic acids is 1. The first kappa shape index (κ1) is 13.9. The van der Waals surface area contributed by atoms with Crippen LogP contribution in [0.5, 0.6) is 0 Å². The Kier molecular flexibility index (Phi) is 3.62. The van der Waals surface area contributed by atoms with E-state index in [4.69, 9.17) is 4.52 Å². The minimum absolute atomic E-state index is 0.00227. The van der Waals surface area contributed by atoms with E-state index in [2.05, 4.69) is 5.32 Å². The van der Waals surface area contributed by atoms with E-state index in [0.29, 0.717) is 11.4 Å². The van der Waals surface area contributed by atoms with Crippen molar-refractivity contribution in [2.24, 2.45) is 7.05 Å². The molecule has 1 N–H and O–H groups in total. The van der Waals surface area contributed by atoms with Crippen molar-refractivity contribution in [3.8, 4) is 11.3 Å². The number of rotatable bonds is 3. The van der Waals surface area contributed by atoms with Crippen LogP contribution in [0.25, 0.3) is 11.3 Å². The summed E-state index contributed by atoms with van der Waals surface area (Å²) in [7, 11) is 1.60. The average Bonchev–Trinajstić information content (AvgIpc) is 2.83. The van der Waals surface area contributed by atoms with Crippen molar-refractivity contribution in [1.82, 2.24) is 4.74 Å². The highest BCUT2D eigenvalue weighted by atomic mass is 16.5. The van der Waals surface area contributed by atoms with E-state index in [-0.39, 0.29) is 5.56 Å². The molecule has 0 radical (unpaired) electrons. The van der Waals surface area contributed by atoms with E-state index in [1.165, 1.54) is 4.74 Å². The molecule has 0 unspecified atom stereocenters. The number of hydrogen-bond acceptors (Lipinski definition) is 3. The van der Waals surface area contributed by atoms with Gasteiger partial charge >= 0.3 is 5.63 Å². The molecule has 0 spiro atoms. The number of aryl methyl sites for hydroxylation is 1. The molecule has 22 heavy (non-hydrogen) atoms. The van der Waals surface area contributed by atoms with Crippen LogP contribution in [0.15, 0.2) is 70.0 Å². The van der Waals surface area contributed by atoms with Crippen LogP contribution in [0.4, 0.5) is 5.69 Å². The maximum atomic E-state index is 12.5. The lowest BCUT2D eigenvalue weighted by molar-refractivity contribution is 0.102. The highest BCUT2D eigenvalue weighted by Crippen LogP contribution is 2.22. The highest BCUT2D eigenvalue weighted by molar-refractivity contribution is 6.07. The quantitative estimate of drug-likeness (QED) is 0.807. The second kappa shape index (κ2) is 5.73. The third-order valence-corrected chi connectivity index (χ3v) is 3.28. The van der Waals surface area contributed by atoms with Gasteiger partial charge in [-0.2, -0.15) is 0 Å². The largest absolute Gasteiger partial charge is 0.370 e. The first-order valence-corrected chi connectivity index (χ1v) is 6.79. The van der Waals surface area contributed by atoms with Gasteiger partial charge in [0.05, 0.1) is 0 Å². The van der Waals surface area contributed by atoms with Crippen molar-refractivity contribution in [1.29, 1.82) is 0 Å². The molecular formula is C17H14N2O3. The molecule has 1 aromatic heterocycles. The van der Waals surface area contributed by atoms with Gasteiger partial charge < -0.3 is 9.84 Å². The smallest absolute Gasteiger partial charge is 0.335 e. The van der Waals surface area contributed by atoms with Crippen LogP contribution in [0.3, 0.4) is 0 Å². The topological polar surface area (TPSA) is 64.2 Å². The molecule has 0 saturated carbocycles. The standard InChI is InChI=1S/C17H14N2O3/c1-19-15(12-8-4-2-5-9-12)14(17(21)22-19)16(20)18-13-10-6-3-7-11-13/h2-11H,1H3,(H,18,20). The fourth-order valence-corrected chi connectivity index (χ4v) is 2.31. The molecule has 3 aromatic rings. The van der Waals surface area contributed by atoms with Crippen molar-refractivity contribution in [2.75, 3.05) is 5.32 Å². The van der Waals surface area contributed by atoms with Crippen LogP contribution in [-0.4, -0.2) is 10.6 Å². The molecule has 0 bridgehead atoms. The Bertz CT molecular complexity index is 849. The Morgan fingerprint density at radius 2 is 1.59 bits per heavy atom. The Hall–Kier alpha value is -3.08. The number of hydrogen-bond donors (Lipinski definition) is 1. The van der Waals surface area contributed by atoms with Crippen LogP contribution < -0.4 is 10.9 Å². The zero-order valence-corrected chi connectivity index (χ0v) is 11.9. The summed E-state index contributed by atoms with van der Waals surface area (Å²) < 4.78 is 6.38. The molecule has 2 aromatic carbocycles. The lowest BCUT2D eigenvalue weighted by atomic mass is 10.1. The third kappa shape index (κ3) is 2.56. The molecular weight excluding hydrogens is 280 g/mol. The summed E-state index contributed by atoms with van der Waals surface area (Å²) in [5.41, 5.74) is 1.16. The summed E-state index contributed by atoms with van der Waals surface area (Å²) in [6.07, 6.45) is 0. The summed E-state index contributed by atoms with van der Waals surface area (Å²) in [6.45, 7) is 0. The average molecular weight is 294 g/mol. The molecule has 5 nitrogen and oxygen atoms in total. The molecule has 0 aliphatic carbocycles. The molecule has 0 aliphatic rings. The van der Waals surface area contributed by atoms with Crippen molar-refractivity contribution in [3.05, 3.63) is 76.6 Å². The van der Waals surface area contributed by atoms with Crippen LogP contribution in [-0.2, 0) is 7.05 Å². The summed E-state index contributed by atoms with van der Waals surface area (Å²) >= 11 is 0. The zero-order chi connectivity index (χ0) is 15.5. The SMILES string of the molecule is Cn1oc(=O)c(C(=O)Nc2ccccc2)c1-c1ccccc1. The van der Waals surface area contributed by atoms with Crippen LogP contribution in [0.2, 0.25) is 0 Å². The van der Waals surface area contributed by atoms with Gasteiger partial charge in [-0.15, -0.1) is 0 Å². The molecule has 1 amide bonds. The Morgan fingerprint density at radius 1 is 1.00 bits per heavy atom. The van der Waals surface area contributed by atoms with Crippen molar-refractivity contribution < 1.29 is 9.32 Å². The molecule has 0 atom stereocenters. The van der Waals surface area contributed by atoms with E-state index < -0.39 is 11.5 Å². The van der Waals surface area contributed by atoms with Crippen molar-refractivity contribution >= 4 is 11.6 Å². The van der Waals surface area contributed by atoms with Crippen molar-refractivity contribution in [3.63, 3.8) is 0 Å². The zero-order valence-electron chi connectivity index (χ0n) is 11.9. The summed E-state index contributed by atoms with van der Waals surface area (Å²) in [5.74, 6) is -0.487. The van der Waals surface area contributed by atoms with E-state index >= 15 is 0 Å². The van der Waals surface area contributed by atoms with Crippen LogP contribution >= 0.6 is 0 Å². The van der Waals surface area contributed by atoms with Crippen LogP contribution in [0.1, 0.15) is 10.4 Å². The Balaban J connectivity index is 2.04. The third-order valence-electron chi connectivity index (χ3n) is 3.28. The number of nitrogens with zero attached hydrogens (tertiary/aromatic N) is 1. The van der Waals surface area contributed by atoms with Crippen molar-refractivity contribution in [2.45, 2.75) is 0 Å². The minimum Gasteiger partial charge on any atom is -0.335 e. The number of nitrogens with one attached hydrogen (secondary N) is 1. The molecule has 1 heterocycles. The fourth-order valence-electron chi connectivity index (χ4n) is 2.31. The van der Waals surface area contributed by atoms with Gasteiger partial charge in [-0.1, -0.05) is 48.5 Å². The second-order valence-electron chi connectivity index (χ2n) is 4.79. The molecule has 0 saturated heterocycles. The minimum atomic E-state index is -0.658. The van der Waals surface area contributed by atoms with E-state index in [0.717, 1.165) is 5.56 Å². The highest BCUT2D eigenvalue weighted by Gasteiger charge is 2.23. The Morgan fingerprint density at radius 3 is 2.23 bits per heavy atom. The maximum absolute atomic E-state index is 12.5. The number of benzene rings is 2. The number of carbonyl (C=O) groups is 1. The van der Waals surface area contributed by atoms with Gasteiger partial charge in [0.2, 0.25) is 0 Å². The monoisotopic (exact) mass is 294 g/mol. The van der Waals surface area contributed by atoms with Gasteiger partial charge in [0.15, 0.2) is 5.56 Å². The molecule has 3 rings (SSSR count). The van der Waals surface area contributed by atoms with Gasteiger partial charge in [0.1, 0.15) is 5.69 Å². The number of amides is 1. The fraction of sp³-hybridized carbons (Fsp3) is 0.0588. The molecule has 110 valence electrons. The van der Waals surface area contributed by atoms with Gasteiger partial charge in [-0.25, -0.2) is 9.53 Å². The van der Waals surface area contributed by atoms with Crippen LogP contribution in [0, 0.1) is 0 Å². The Labute approximate surface area is 126 Å². The van der Waals surface area contributed by atoms with E-state index in [1.807, 2.05) is 36.4 Å². The normalized spacial score (nSPS) is 10.4. The number of anilines is 1. The molecule has 0 fully saturated rings. The first-order valence-electron chi connectivity index (χ1n) is 6.79. The first-order chi connectivity index (χ1) is 10.7. The number of para-hydroxylation sites is 1. The number of aromatic nitrogens is 1. The predicted molar refractivity (Wildman–Crippen MR) is 83.8 cm³/mol. The van der Waals surface area contributed by atoms with Gasteiger partial charge in [-0.3, -0.25) is 4.79 Å². The summed E-state index contributed by atoms with van der Waals surface area (Å²) in [4.78, 5) is 24.5. The lowest BCUT2D eigenvalue weighted by Gasteiger charge is -2.06. The lowest BCUT2D eigenvalue weighted by Crippen LogP contribution is -2.19. The van der Waals surface area contributed by atoms with Gasteiger partial charge in [0, 0.05) is 18.3 Å².